The van der Waals surface area contributed by atoms with Crippen LogP contribution in [-0.4, -0.2) is 24.4 Å². The zero-order valence-corrected chi connectivity index (χ0v) is 13.5. The number of ether oxygens (including phenoxy) is 1. The lowest BCUT2D eigenvalue weighted by atomic mass is 10.1. The molecule has 2 aromatic rings. The van der Waals surface area contributed by atoms with Crippen molar-refractivity contribution in [2.45, 2.75) is 32.9 Å². The molecule has 2 rings (SSSR count). The van der Waals surface area contributed by atoms with Gasteiger partial charge >= 0.3 is 0 Å². The molecule has 0 aromatic heterocycles. The van der Waals surface area contributed by atoms with E-state index in [1.54, 1.807) is 0 Å². The van der Waals surface area contributed by atoms with E-state index in [-0.39, 0.29) is 6.04 Å². The maximum Gasteiger partial charge on any atom is 0.122 e. The summed E-state index contributed by atoms with van der Waals surface area (Å²) in [5.74, 6) is 0.843. The monoisotopic (exact) mass is 299 g/mol. The van der Waals surface area contributed by atoms with Crippen molar-refractivity contribution in [2.24, 2.45) is 0 Å². The number of aliphatic hydroxyl groups excluding tert-OH is 1. The van der Waals surface area contributed by atoms with Crippen molar-refractivity contribution in [3.63, 3.8) is 0 Å². The van der Waals surface area contributed by atoms with Gasteiger partial charge in [0.15, 0.2) is 0 Å². The molecule has 3 nitrogen and oxygen atoms in total. The number of rotatable bonds is 7. The van der Waals surface area contributed by atoms with Gasteiger partial charge in [0.25, 0.3) is 0 Å². The number of aliphatic hydroxyl groups is 1. The van der Waals surface area contributed by atoms with Crippen molar-refractivity contribution in [1.29, 1.82) is 0 Å². The molecule has 22 heavy (non-hydrogen) atoms. The first-order valence-electron chi connectivity index (χ1n) is 7.73. The molecule has 0 unspecified atom stereocenters. The average Bonchev–Trinajstić information content (AvgIpc) is 2.54. The van der Waals surface area contributed by atoms with Crippen LogP contribution in [0.5, 0.6) is 5.75 Å². The number of hydrogen-bond acceptors (Lipinski definition) is 3. The zero-order chi connectivity index (χ0) is 15.9. The summed E-state index contributed by atoms with van der Waals surface area (Å²) < 4.78 is 5.73. The maximum atomic E-state index is 10.1. The van der Waals surface area contributed by atoms with Gasteiger partial charge in [-0.05, 0) is 43.5 Å². The smallest absolute Gasteiger partial charge is 0.122 e. The normalized spacial score (nSPS) is 13.6. The quantitative estimate of drug-likeness (QED) is 0.823. The summed E-state index contributed by atoms with van der Waals surface area (Å²) in [6.07, 6.45) is -0.536. The van der Waals surface area contributed by atoms with Crippen LogP contribution in [0.3, 0.4) is 0 Å². The molecular formula is C19H25NO2. The first-order chi connectivity index (χ1) is 10.6. The highest BCUT2D eigenvalue weighted by Crippen LogP contribution is 2.20. The predicted molar refractivity (Wildman–Crippen MR) is 90.3 cm³/mol. The molecule has 2 aromatic carbocycles. The fourth-order valence-electron chi connectivity index (χ4n) is 2.30. The number of hydrogen-bond donors (Lipinski definition) is 2. The van der Waals surface area contributed by atoms with Crippen LogP contribution in [0.1, 0.15) is 29.7 Å². The number of nitrogens with one attached hydrogen (secondary N) is 1. The largest absolute Gasteiger partial charge is 0.491 e. The summed E-state index contributed by atoms with van der Waals surface area (Å²) in [6, 6.07) is 16.4. The number of benzene rings is 2. The van der Waals surface area contributed by atoms with Crippen LogP contribution in [0.4, 0.5) is 0 Å². The zero-order valence-electron chi connectivity index (χ0n) is 13.5. The third kappa shape index (κ3) is 4.58. The third-order valence-electron chi connectivity index (χ3n) is 3.95. The minimum absolute atomic E-state index is 0.205. The lowest BCUT2D eigenvalue weighted by Gasteiger charge is -2.18. The lowest BCUT2D eigenvalue weighted by Crippen LogP contribution is -2.33. The molecule has 0 spiro atoms. The number of aryl methyl sites for hydroxylation is 1. The molecule has 2 atom stereocenters. The molecule has 0 amide bonds. The van der Waals surface area contributed by atoms with Gasteiger partial charge in [-0.25, -0.2) is 0 Å². The van der Waals surface area contributed by atoms with Crippen LogP contribution in [0.2, 0.25) is 0 Å². The predicted octanol–water partition coefficient (Wildman–Crippen LogP) is 3.39. The molecule has 0 aliphatic rings. The molecule has 0 saturated heterocycles. The van der Waals surface area contributed by atoms with Crippen LogP contribution >= 0.6 is 0 Å². The fourth-order valence-corrected chi connectivity index (χ4v) is 2.30. The first kappa shape index (κ1) is 16.5. The molecule has 0 aliphatic heterocycles. The van der Waals surface area contributed by atoms with Crippen molar-refractivity contribution >= 4 is 0 Å². The van der Waals surface area contributed by atoms with Crippen LogP contribution in [0, 0.1) is 13.8 Å². The van der Waals surface area contributed by atoms with Crippen molar-refractivity contribution in [2.75, 3.05) is 13.2 Å². The molecule has 2 N–H and O–H groups in total. The molecule has 0 saturated carbocycles. The van der Waals surface area contributed by atoms with Crippen LogP contribution in [-0.2, 0) is 0 Å². The van der Waals surface area contributed by atoms with Gasteiger partial charge in [-0.1, -0.05) is 42.5 Å². The second-order valence-electron chi connectivity index (χ2n) is 5.70. The van der Waals surface area contributed by atoms with Gasteiger partial charge in [-0.2, -0.15) is 0 Å². The SMILES string of the molecule is Cc1cccc(OC[C@H](O)CN[C@@H](C)c2ccccc2)c1C. The van der Waals surface area contributed by atoms with Crippen molar-refractivity contribution in [3.05, 3.63) is 65.2 Å². The second kappa shape index (κ2) is 7.97. The summed E-state index contributed by atoms with van der Waals surface area (Å²) in [6.45, 7) is 6.97. The third-order valence-corrected chi connectivity index (χ3v) is 3.95. The van der Waals surface area contributed by atoms with Gasteiger partial charge in [0.1, 0.15) is 18.5 Å². The first-order valence-corrected chi connectivity index (χ1v) is 7.73. The lowest BCUT2D eigenvalue weighted by molar-refractivity contribution is 0.104. The molecule has 0 radical (unpaired) electrons. The van der Waals surface area contributed by atoms with Gasteiger partial charge in [-0.15, -0.1) is 0 Å². The van der Waals surface area contributed by atoms with Gasteiger partial charge in [-0.3, -0.25) is 0 Å². The molecular weight excluding hydrogens is 274 g/mol. The summed E-state index contributed by atoms with van der Waals surface area (Å²) in [4.78, 5) is 0. The highest BCUT2D eigenvalue weighted by molar-refractivity contribution is 5.38. The van der Waals surface area contributed by atoms with E-state index in [0.717, 1.165) is 11.3 Å². The topological polar surface area (TPSA) is 41.5 Å². The molecule has 0 heterocycles. The van der Waals surface area contributed by atoms with Crippen molar-refractivity contribution < 1.29 is 9.84 Å². The van der Waals surface area contributed by atoms with Crippen LogP contribution in [0.25, 0.3) is 0 Å². The standard InChI is InChI=1S/C19H25NO2/c1-14-8-7-11-19(15(14)2)22-13-18(21)12-20-16(3)17-9-5-4-6-10-17/h4-11,16,18,20-21H,12-13H2,1-3H3/t16-,18+/m0/s1. The summed E-state index contributed by atoms with van der Waals surface area (Å²) in [5, 5.41) is 13.4. The van der Waals surface area contributed by atoms with Crippen LogP contribution in [0.15, 0.2) is 48.5 Å². The van der Waals surface area contributed by atoms with E-state index in [9.17, 15) is 5.11 Å². The van der Waals surface area contributed by atoms with Crippen molar-refractivity contribution in [1.82, 2.24) is 5.32 Å². The molecule has 0 aliphatic carbocycles. The van der Waals surface area contributed by atoms with Crippen molar-refractivity contribution in [3.8, 4) is 5.75 Å². The minimum Gasteiger partial charge on any atom is -0.491 e. The van der Waals surface area contributed by atoms with E-state index in [4.69, 9.17) is 4.74 Å². The molecule has 0 bridgehead atoms. The summed E-state index contributed by atoms with van der Waals surface area (Å²) >= 11 is 0. The minimum atomic E-state index is -0.536. The Labute approximate surface area is 133 Å². The van der Waals surface area contributed by atoms with Gasteiger partial charge in [0.2, 0.25) is 0 Å². The Morgan fingerprint density at radius 2 is 1.77 bits per heavy atom. The van der Waals surface area contributed by atoms with E-state index in [2.05, 4.69) is 37.4 Å². The highest BCUT2D eigenvalue weighted by atomic mass is 16.5. The maximum absolute atomic E-state index is 10.1. The van der Waals surface area contributed by atoms with Gasteiger partial charge in [0.05, 0.1) is 0 Å². The molecule has 3 heteroatoms. The highest BCUT2D eigenvalue weighted by Gasteiger charge is 2.10. The van der Waals surface area contributed by atoms with E-state index >= 15 is 0 Å². The van der Waals surface area contributed by atoms with E-state index < -0.39 is 6.10 Å². The Kier molecular flexibility index (Phi) is 5.99. The molecule has 0 fully saturated rings. The van der Waals surface area contributed by atoms with E-state index in [1.165, 1.54) is 11.1 Å². The Morgan fingerprint density at radius 1 is 1.05 bits per heavy atom. The van der Waals surface area contributed by atoms with Gasteiger partial charge < -0.3 is 15.2 Å². The average molecular weight is 299 g/mol. The second-order valence-corrected chi connectivity index (χ2v) is 5.70. The Bertz CT molecular complexity index is 583. The van der Waals surface area contributed by atoms with E-state index in [1.807, 2.05) is 37.3 Å². The summed E-state index contributed by atoms with van der Waals surface area (Å²) in [5.41, 5.74) is 3.54. The van der Waals surface area contributed by atoms with Crippen LogP contribution < -0.4 is 10.1 Å². The van der Waals surface area contributed by atoms with E-state index in [0.29, 0.717) is 13.2 Å². The fraction of sp³-hybridized carbons (Fsp3) is 0.368. The Hall–Kier alpha value is -1.84. The Balaban J connectivity index is 1.78. The molecule has 118 valence electrons. The van der Waals surface area contributed by atoms with Gasteiger partial charge in [0, 0.05) is 12.6 Å². The Morgan fingerprint density at radius 3 is 2.50 bits per heavy atom. The summed E-state index contributed by atoms with van der Waals surface area (Å²) in [7, 11) is 0.